The van der Waals surface area contributed by atoms with Crippen LogP contribution < -0.4 is 5.69 Å². The Morgan fingerprint density at radius 3 is 2.50 bits per heavy atom. The first-order valence-electron chi connectivity index (χ1n) is 8.89. The summed E-state index contributed by atoms with van der Waals surface area (Å²) in [6.07, 6.45) is 0. The van der Waals surface area contributed by atoms with Crippen LogP contribution in [0.25, 0.3) is 5.69 Å². The van der Waals surface area contributed by atoms with Crippen LogP contribution in [0.5, 0.6) is 0 Å². The number of tetrazole rings is 1. The van der Waals surface area contributed by atoms with Crippen molar-refractivity contribution in [3.63, 3.8) is 0 Å². The molecule has 0 aliphatic heterocycles. The van der Waals surface area contributed by atoms with E-state index in [-0.39, 0.29) is 12.3 Å². The van der Waals surface area contributed by atoms with Gasteiger partial charge in [-0.15, -0.1) is 0 Å². The van der Waals surface area contributed by atoms with Crippen molar-refractivity contribution in [1.29, 1.82) is 0 Å². The molecule has 1 aromatic heterocycles. The molecule has 3 rings (SSSR count). The third kappa shape index (κ3) is 4.28. The molecule has 0 unspecified atom stereocenters. The van der Waals surface area contributed by atoms with Crippen molar-refractivity contribution in [3.05, 3.63) is 75.2 Å². The van der Waals surface area contributed by atoms with E-state index in [0.717, 1.165) is 22.3 Å². The summed E-state index contributed by atoms with van der Waals surface area (Å²) in [5, 5.41) is 11.7. The molecular weight excluding hydrogens is 358 g/mol. The van der Waals surface area contributed by atoms with Crippen molar-refractivity contribution in [2.75, 3.05) is 0 Å². The van der Waals surface area contributed by atoms with Crippen LogP contribution in [0, 0.1) is 13.8 Å². The molecule has 0 spiro atoms. The van der Waals surface area contributed by atoms with E-state index in [0.29, 0.717) is 18.2 Å². The molecule has 0 N–H and O–H groups in total. The van der Waals surface area contributed by atoms with Gasteiger partial charge in [-0.1, -0.05) is 41.6 Å². The number of ether oxygens (including phenoxy) is 1. The fourth-order valence-corrected chi connectivity index (χ4v) is 2.71. The second-order valence-electron chi connectivity index (χ2n) is 6.47. The van der Waals surface area contributed by atoms with Crippen LogP contribution in [-0.2, 0) is 29.8 Å². The second kappa shape index (κ2) is 8.51. The van der Waals surface area contributed by atoms with Gasteiger partial charge in [0.2, 0.25) is 5.90 Å². The SMILES string of the molecule is CC(=NOCc1c(C)cccc1-n1nnn(C)c1=O)OCc1ccccc1C. The van der Waals surface area contributed by atoms with Gasteiger partial charge in [-0.05, 0) is 47.0 Å². The molecule has 0 radical (unpaired) electrons. The highest BCUT2D eigenvalue weighted by Crippen LogP contribution is 2.18. The average Bonchev–Trinajstić information content (AvgIpc) is 3.01. The zero-order chi connectivity index (χ0) is 20.1. The molecule has 0 saturated heterocycles. The highest BCUT2D eigenvalue weighted by atomic mass is 16.6. The van der Waals surface area contributed by atoms with Gasteiger partial charge in [0.1, 0.15) is 13.2 Å². The third-order valence-electron chi connectivity index (χ3n) is 4.44. The maximum Gasteiger partial charge on any atom is 0.368 e. The molecule has 0 fully saturated rings. The summed E-state index contributed by atoms with van der Waals surface area (Å²) in [7, 11) is 1.55. The van der Waals surface area contributed by atoms with Crippen LogP contribution in [0.1, 0.15) is 29.2 Å². The summed E-state index contributed by atoms with van der Waals surface area (Å²) in [5.41, 5.74) is 4.32. The van der Waals surface area contributed by atoms with Crippen LogP contribution in [0.4, 0.5) is 0 Å². The summed E-state index contributed by atoms with van der Waals surface area (Å²) >= 11 is 0. The van der Waals surface area contributed by atoms with Crippen molar-refractivity contribution in [3.8, 4) is 5.69 Å². The molecular formula is C20H23N5O3. The molecule has 28 heavy (non-hydrogen) atoms. The molecule has 3 aromatic rings. The lowest BCUT2D eigenvalue weighted by Crippen LogP contribution is -2.23. The van der Waals surface area contributed by atoms with Crippen molar-refractivity contribution in [2.45, 2.75) is 34.0 Å². The zero-order valence-electron chi connectivity index (χ0n) is 16.4. The van der Waals surface area contributed by atoms with E-state index in [1.54, 1.807) is 20.0 Å². The summed E-state index contributed by atoms with van der Waals surface area (Å²) in [5.74, 6) is 0.426. The molecule has 2 aromatic carbocycles. The van der Waals surface area contributed by atoms with Gasteiger partial charge in [-0.3, -0.25) is 0 Å². The van der Waals surface area contributed by atoms with E-state index < -0.39 is 0 Å². The molecule has 0 atom stereocenters. The molecule has 8 heteroatoms. The number of hydrogen-bond donors (Lipinski definition) is 0. The minimum Gasteiger partial charge on any atom is -0.474 e. The molecule has 146 valence electrons. The van der Waals surface area contributed by atoms with Crippen LogP contribution in [0.3, 0.4) is 0 Å². The Bertz CT molecular complexity index is 1050. The Kier molecular flexibility index (Phi) is 5.88. The van der Waals surface area contributed by atoms with Crippen molar-refractivity contribution < 1.29 is 9.57 Å². The largest absolute Gasteiger partial charge is 0.474 e. The monoisotopic (exact) mass is 381 g/mol. The maximum atomic E-state index is 12.2. The minimum atomic E-state index is -0.326. The minimum absolute atomic E-state index is 0.177. The summed E-state index contributed by atoms with van der Waals surface area (Å²) < 4.78 is 8.08. The van der Waals surface area contributed by atoms with Gasteiger partial charge in [0, 0.05) is 19.5 Å². The predicted octanol–water partition coefficient (Wildman–Crippen LogP) is 2.65. The van der Waals surface area contributed by atoms with E-state index in [4.69, 9.17) is 9.57 Å². The smallest absolute Gasteiger partial charge is 0.368 e. The second-order valence-corrected chi connectivity index (χ2v) is 6.47. The molecule has 0 aliphatic carbocycles. The van der Waals surface area contributed by atoms with Crippen molar-refractivity contribution in [2.24, 2.45) is 12.2 Å². The lowest BCUT2D eigenvalue weighted by molar-refractivity contribution is 0.117. The lowest BCUT2D eigenvalue weighted by Gasteiger charge is -2.11. The number of benzene rings is 2. The molecule has 8 nitrogen and oxygen atoms in total. The van der Waals surface area contributed by atoms with Gasteiger partial charge in [0.15, 0.2) is 0 Å². The highest BCUT2D eigenvalue weighted by molar-refractivity contribution is 5.72. The number of aryl methyl sites for hydroxylation is 3. The fraction of sp³-hybridized carbons (Fsp3) is 0.300. The number of oxime groups is 1. The van der Waals surface area contributed by atoms with E-state index in [1.165, 1.54) is 9.36 Å². The van der Waals surface area contributed by atoms with Gasteiger partial charge in [0.05, 0.1) is 5.69 Å². The summed E-state index contributed by atoms with van der Waals surface area (Å²) in [4.78, 5) is 17.7. The molecule has 0 bridgehead atoms. The lowest BCUT2D eigenvalue weighted by atomic mass is 10.1. The third-order valence-corrected chi connectivity index (χ3v) is 4.44. The predicted molar refractivity (Wildman–Crippen MR) is 105 cm³/mol. The molecule has 0 amide bonds. The first-order valence-corrected chi connectivity index (χ1v) is 8.89. The summed E-state index contributed by atoms with van der Waals surface area (Å²) in [6, 6.07) is 13.6. The van der Waals surface area contributed by atoms with Gasteiger partial charge in [-0.25, -0.2) is 4.79 Å². The Morgan fingerprint density at radius 1 is 1.04 bits per heavy atom. The van der Waals surface area contributed by atoms with Crippen LogP contribution >= 0.6 is 0 Å². The molecule has 0 saturated carbocycles. The Morgan fingerprint density at radius 2 is 1.79 bits per heavy atom. The topological polar surface area (TPSA) is 83.5 Å². The van der Waals surface area contributed by atoms with Gasteiger partial charge in [0.25, 0.3) is 0 Å². The van der Waals surface area contributed by atoms with Crippen LogP contribution in [0.2, 0.25) is 0 Å². The Balaban J connectivity index is 1.69. The Labute approximate surface area is 163 Å². The van der Waals surface area contributed by atoms with E-state index in [2.05, 4.69) is 15.6 Å². The standard InChI is InChI=1S/C20H23N5O3/c1-14-8-5-6-10-17(14)12-27-16(3)21-28-13-18-15(2)9-7-11-19(18)25-20(26)24(4)22-23-25/h5-11H,12-13H2,1-4H3. The number of aromatic nitrogens is 4. The van der Waals surface area contributed by atoms with Gasteiger partial charge >= 0.3 is 5.69 Å². The number of hydrogen-bond acceptors (Lipinski definition) is 6. The quantitative estimate of drug-likeness (QED) is 0.372. The van der Waals surface area contributed by atoms with Crippen molar-refractivity contribution >= 4 is 5.90 Å². The van der Waals surface area contributed by atoms with Crippen LogP contribution in [0.15, 0.2) is 52.4 Å². The zero-order valence-corrected chi connectivity index (χ0v) is 16.4. The first-order chi connectivity index (χ1) is 13.5. The number of nitrogens with zero attached hydrogens (tertiary/aromatic N) is 5. The summed E-state index contributed by atoms with van der Waals surface area (Å²) in [6.45, 7) is 6.32. The molecule has 0 aliphatic rings. The number of rotatable bonds is 6. The van der Waals surface area contributed by atoms with E-state index >= 15 is 0 Å². The van der Waals surface area contributed by atoms with Gasteiger partial charge < -0.3 is 9.57 Å². The van der Waals surface area contributed by atoms with E-state index in [9.17, 15) is 4.79 Å². The highest BCUT2D eigenvalue weighted by Gasteiger charge is 2.13. The first kappa shape index (κ1) is 19.3. The normalized spacial score (nSPS) is 11.5. The Hall–Kier alpha value is -3.42. The van der Waals surface area contributed by atoms with E-state index in [1.807, 2.05) is 50.2 Å². The average molecular weight is 381 g/mol. The van der Waals surface area contributed by atoms with Gasteiger partial charge in [-0.2, -0.15) is 9.36 Å². The van der Waals surface area contributed by atoms with Crippen molar-refractivity contribution in [1.82, 2.24) is 19.8 Å². The maximum absolute atomic E-state index is 12.2. The fourth-order valence-electron chi connectivity index (χ4n) is 2.71. The molecule has 1 heterocycles. The van der Waals surface area contributed by atoms with Crippen LogP contribution in [-0.4, -0.2) is 25.7 Å².